The van der Waals surface area contributed by atoms with Crippen LogP contribution < -0.4 is 10.2 Å². The molecule has 0 amide bonds. The summed E-state index contributed by atoms with van der Waals surface area (Å²) in [6, 6.07) is 10.7. The van der Waals surface area contributed by atoms with E-state index >= 15 is 0 Å². The van der Waals surface area contributed by atoms with Crippen LogP contribution in [-0.4, -0.2) is 25.1 Å². The maximum atomic E-state index is 6.43. The fourth-order valence-electron chi connectivity index (χ4n) is 2.88. The van der Waals surface area contributed by atoms with E-state index in [9.17, 15) is 0 Å². The van der Waals surface area contributed by atoms with Crippen LogP contribution in [-0.2, 0) is 19.4 Å². The Morgan fingerprint density at radius 2 is 1.86 bits per heavy atom. The number of rotatable bonds is 3. The summed E-state index contributed by atoms with van der Waals surface area (Å²) in [6.45, 7) is 2.72. The molecule has 0 fully saturated rings. The van der Waals surface area contributed by atoms with Gasteiger partial charge >= 0.3 is 0 Å². The highest BCUT2D eigenvalue weighted by atomic mass is 35.5. The lowest BCUT2D eigenvalue weighted by Gasteiger charge is -2.22. The van der Waals surface area contributed by atoms with E-state index in [1.54, 1.807) is 0 Å². The van der Waals surface area contributed by atoms with Gasteiger partial charge in [0.1, 0.15) is 5.82 Å². The van der Waals surface area contributed by atoms with Crippen molar-refractivity contribution in [1.29, 1.82) is 0 Å². The fourth-order valence-corrected chi connectivity index (χ4v) is 3.19. The van der Waals surface area contributed by atoms with Crippen LogP contribution in [0.15, 0.2) is 36.5 Å². The Balaban J connectivity index is 1.79. The Hall–Kier alpha value is -1.58. The topological polar surface area (TPSA) is 28.2 Å². The van der Waals surface area contributed by atoms with Crippen molar-refractivity contribution in [1.82, 2.24) is 10.3 Å². The van der Waals surface area contributed by atoms with E-state index in [2.05, 4.69) is 39.5 Å². The van der Waals surface area contributed by atoms with Crippen molar-refractivity contribution in [3.63, 3.8) is 0 Å². The minimum atomic E-state index is 0.744. The molecule has 110 valence electrons. The first kappa shape index (κ1) is 14.4. The molecule has 3 nitrogen and oxygen atoms in total. The first-order valence-corrected chi connectivity index (χ1v) is 7.76. The largest absolute Gasteiger partial charge is 0.355 e. The van der Waals surface area contributed by atoms with Crippen molar-refractivity contribution in [2.24, 2.45) is 0 Å². The van der Waals surface area contributed by atoms with Crippen LogP contribution >= 0.6 is 11.6 Å². The van der Waals surface area contributed by atoms with E-state index in [1.807, 2.05) is 19.3 Å². The van der Waals surface area contributed by atoms with Crippen molar-refractivity contribution >= 4 is 17.4 Å². The van der Waals surface area contributed by atoms with Gasteiger partial charge in [-0.25, -0.2) is 4.98 Å². The van der Waals surface area contributed by atoms with Crippen molar-refractivity contribution in [3.8, 4) is 0 Å². The molecule has 0 aliphatic carbocycles. The molecule has 4 heteroatoms. The van der Waals surface area contributed by atoms with Crippen LogP contribution in [0, 0.1) is 0 Å². The normalized spacial score (nSPS) is 14.7. The van der Waals surface area contributed by atoms with Gasteiger partial charge < -0.3 is 10.2 Å². The summed E-state index contributed by atoms with van der Waals surface area (Å²) in [6.07, 6.45) is 4.01. The van der Waals surface area contributed by atoms with Crippen LogP contribution in [0.5, 0.6) is 0 Å². The zero-order chi connectivity index (χ0) is 14.7. The third kappa shape index (κ3) is 3.20. The molecule has 0 atom stereocenters. The second-order valence-corrected chi connectivity index (χ2v) is 5.84. The van der Waals surface area contributed by atoms with E-state index in [1.165, 1.54) is 11.1 Å². The number of hydrogen-bond donors (Lipinski definition) is 1. The molecule has 1 N–H and O–H groups in total. The number of fused-ring (bicyclic) bond motifs is 1. The van der Waals surface area contributed by atoms with E-state index in [-0.39, 0.29) is 0 Å². The number of hydrogen-bond acceptors (Lipinski definition) is 3. The number of nitrogens with zero attached hydrogens (tertiary/aromatic N) is 2. The summed E-state index contributed by atoms with van der Waals surface area (Å²) in [4.78, 5) is 6.88. The molecule has 0 saturated carbocycles. The van der Waals surface area contributed by atoms with Gasteiger partial charge in [0.05, 0.1) is 5.02 Å². The summed E-state index contributed by atoms with van der Waals surface area (Å²) in [5.41, 5.74) is 4.01. The molecule has 1 aliphatic heterocycles. The lowest BCUT2D eigenvalue weighted by Crippen LogP contribution is -2.27. The Morgan fingerprint density at radius 3 is 2.43 bits per heavy atom. The summed E-state index contributed by atoms with van der Waals surface area (Å²) in [5.74, 6) is 0.907. The molecular weight excluding hydrogens is 282 g/mol. The number of nitrogens with one attached hydrogen (secondary N) is 1. The van der Waals surface area contributed by atoms with E-state index in [0.717, 1.165) is 48.9 Å². The molecule has 21 heavy (non-hydrogen) atoms. The van der Waals surface area contributed by atoms with Gasteiger partial charge in [0.15, 0.2) is 0 Å². The van der Waals surface area contributed by atoms with E-state index < -0.39 is 0 Å². The molecule has 0 unspecified atom stereocenters. The minimum absolute atomic E-state index is 0.744. The monoisotopic (exact) mass is 301 g/mol. The second kappa shape index (κ2) is 6.46. The minimum Gasteiger partial charge on any atom is -0.355 e. The van der Waals surface area contributed by atoms with E-state index in [0.29, 0.717) is 0 Å². The van der Waals surface area contributed by atoms with Crippen LogP contribution in [0.2, 0.25) is 5.02 Å². The lowest BCUT2D eigenvalue weighted by molar-refractivity contribution is 0.782. The van der Waals surface area contributed by atoms with Gasteiger partial charge in [-0.1, -0.05) is 35.9 Å². The number of benzene rings is 1. The van der Waals surface area contributed by atoms with Crippen LogP contribution in [0.1, 0.15) is 16.7 Å². The van der Waals surface area contributed by atoms with Gasteiger partial charge in [-0.3, -0.25) is 0 Å². The smallest absolute Gasteiger partial charge is 0.147 e. The number of pyridine rings is 1. The maximum absolute atomic E-state index is 6.43. The first-order chi connectivity index (χ1) is 10.3. The third-order valence-corrected chi connectivity index (χ3v) is 4.26. The molecule has 1 aromatic heterocycles. The Labute approximate surface area is 131 Å². The molecule has 0 spiro atoms. The SMILES string of the molecule is CNCc1cnc(N2CCc3ccccc3CC2)c(Cl)c1. The molecule has 2 heterocycles. The summed E-state index contributed by atoms with van der Waals surface area (Å²) >= 11 is 6.43. The van der Waals surface area contributed by atoms with Gasteiger partial charge in [0.2, 0.25) is 0 Å². The van der Waals surface area contributed by atoms with Crippen molar-refractivity contribution in [2.45, 2.75) is 19.4 Å². The Kier molecular flexibility index (Phi) is 4.42. The highest BCUT2D eigenvalue weighted by molar-refractivity contribution is 6.33. The zero-order valence-electron chi connectivity index (χ0n) is 12.3. The number of halogens is 1. The summed E-state index contributed by atoms with van der Waals surface area (Å²) in [7, 11) is 1.92. The molecule has 0 saturated heterocycles. The van der Waals surface area contributed by atoms with Crippen molar-refractivity contribution in [2.75, 3.05) is 25.0 Å². The van der Waals surface area contributed by atoms with Gasteiger partial charge in [-0.05, 0) is 42.6 Å². The molecule has 0 radical (unpaired) electrons. The van der Waals surface area contributed by atoms with Crippen molar-refractivity contribution in [3.05, 3.63) is 58.2 Å². The third-order valence-electron chi connectivity index (χ3n) is 3.98. The van der Waals surface area contributed by atoms with Crippen LogP contribution in [0.3, 0.4) is 0 Å². The predicted molar refractivity (Wildman–Crippen MR) is 88.1 cm³/mol. The van der Waals surface area contributed by atoms with Gasteiger partial charge in [-0.2, -0.15) is 0 Å². The quantitative estimate of drug-likeness (QED) is 0.944. The molecule has 3 rings (SSSR count). The average molecular weight is 302 g/mol. The first-order valence-electron chi connectivity index (χ1n) is 7.38. The highest BCUT2D eigenvalue weighted by Gasteiger charge is 2.17. The average Bonchev–Trinajstić information content (AvgIpc) is 2.71. The summed E-state index contributed by atoms with van der Waals surface area (Å²) < 4.78 is 0. The Bertz CT molecular complexity index is 600. The summed E-state index contributed by atoms with van der Waals surface area (Å²) in [5, 5.41) is 3.86. The van der Waals surface area contributed by atoms with Crippen LogP contribution in [0.25, 0.3) is 0 Å². The molecular formula is C17H20ClN3. The standard InChI is InChI=1S/C17H20ClN3/c1-19-11-13-10-16(18)17(20-12-13)21-8-6-14-4-2-3-5-15(14)7-9-21/h2-5,10,12,19H,6-9,11H2,1H3. The van der Waals surface area contributed by atoms with Gasteiger partial charge in [0, 0.05) is 25.8 Å². The molecule has 1 aliphatic rings. The number of aromatic nitrogens is 1. The zero-order valence-corrected chi connectivity index (χ0v) is 13.0. The predicted octanol–water partition coefficient (Wildman–Crippen LogP) is 3.06. The molecule has 1 aromatic carbocycles. The Morgan fingerprint density at radius 1 is 1.19 bits per heavy atom. The maximum Gasteiger partial charge on any atom is 0.147 e. The van der Waals surface area contributed by atoms with Crippen LogP contribution in [0.4, 0.5) is 5.82 Å². The van der Waals surface area contributed by atoms with E-state index in [4.69, 9.17) is 11.6 Å². The highest BCUT2D eigenvalue weighted by Crippen LogP contribution is 2.26. The van der Waals surface area contributed by atoms with Crippen molar-refractivity contribution < 1.29 is 0 Å². The van der Waals surface area contributed by atoms with Gasteiger partial charge in [-0.15, -0.1) is 0 Å². The molecule has 2 aromatic rings. The molecule has 0 bridgehead atoms. The number of anilines is 1. The second-order valence-electron chi connectivity index (χ2n) is 5.44. The van der Waals surface area contributed by atoms with Gasteiger partial charge in [0.25, 0.3) is 0 Å². The lowest BCUT2D eigenvalue weighted by atomic mass is 10.0. The fraction of sp³-hybridized carbons (Fsp3) is 0.353.